The Morgan fingerprint density at radius 2 is 2.00 bits per heavy atom. The smallest absolute Gasteiger partial charge is 0.271 e. The molecule has 1 aromatic rings. The minimum atomic E-state index is -1.10. The first-order valence-corrected chi connectivity index (χ1v) is 5.56. The van der Waals surface area contributed by atoms with Crippen LogP contribution in [0.5, 0.6) is 0 Å². The third kappa shape index (κ3) is 2.56. The van der Waals surface area contributed by atoms with Gasteiger partial charge in [0.05, 0.1) is 17.2 Å². The van der Waals surface area contributed by atoms with Crippen molar-refractivity contribution in [3.05, 3.63) is 34.4 Å². The second kappa shape index (κ2) is 4.98. The van der Waals surface area contributed by atoms with Crippen LogP contribution in [0.3, 0.4) is 0 Å². The maximum atomic E-state index is 13.0. The molecule has 3 nitrogen and oxygen atoms in total. The lowest BCUT2D eigenvalue weighted by Crippen LogP contribution is -2.36. The first kappa shape index (κ1) is 12.3. The molecule has 92 valence electrons. The molecule has 0 aromatic heterocycles. The van der Waals surface area contributed by atoms with Crippen molar-refractivity contribution in [3.8, 4) is 0 Å². The van der Waals surface area contributed by atoms with Crippen molar-refractivity contribution < 1.29 is 18.4 Å². The maximum Gasteiger partial charge on any atom is 0.279 e. The Balaban J connectivity index is 2.26. The van der Waals surface area contributed by atoms with Gasteiger partial charge in [0.25, 0.3) is 5.91 Å². The minimum absolute atomic E-state index is 0.0903. The number of hydroxylamine groups is 2. The molecule has 6 heteroatoms. The summed E-state index contributed by atoms with van der Waals surface area (Å²) in [6.07, 6.45) is 1.68. The molecule has 0 bridgehead atoms. The van der Waals surface area contributed by atoms with Crippen LogP contribution in [0.15, 0.2) is 12.1 Å². The van der Waals surface area contributed by atoms with Gasteiger partial charge in [0.1, 0.15) is 0 Å². The van der Waals surface area contributed by atoms with Gasteiger partial charge in [-0.05, 0) is 25.0 Å². The topological polar surface area (TPSA) is 29.5 Å². The molecular formula is C11H10ClF2NO2. The lowest BCUT2D eigenvalue weighted by atomic mass is 10.2. The van der Waals surface area contributed by atoms with Gasteiger partial charge in [0.2, 0.25) is 0 Å². The predicted octanol–water partition coefficient (Wildman–Crippen LogP) is 2.79. The van der Waals surface area contributed by atoms with E-state index >= 15 is 0 Å². The molecular weight excluding hydrogens is 252 g/mol. The third-order valence-corrected chi connectivity index (χ3v) is 2.78. The first-order chi connectivity index (χ1) is 8.09. The zero-order valence-corrected chi connectivity index (χ0v) is 9.64. The van der Waals surface area contributed by atoms with E-state index in [1.807, 2.05) is 0 Å². The molecule has 1 saturated heterocycles. The monoisotopic (exact) mass is 261 g/mol. The standard InChI is InChI=1S/C11H10ClF2NO2/c12-8-6-10(14)9(13)5-7(8)11(16)15-3-1-2-4-17-15/h5-6H,1-4H2. The van der Waals surface area contributed by atoms with Crippen LogP contribution in [0.2, 0.25) is 5.02 Å². The van der Waals surface area contributed by atoms with Crippen LogP contribution in [-0.4, -0.2) is 24.1 Å². The zero-order chi connectivity index (χ0) is 12.4. The van der Waals surface area contributed by atoms with Crippen molar-refractivity contribution in [2.45, 2.75) is 12.8 Å². The Bertz CT molecular complexity index is 447. The van der Waals surface area contributed by atoms with Crippen LogP contribution >= 0.6 is 11.6 Å². The molecule has 1 fully saturated rings. The summed E-state index contributed by atoms with van der Waals surface area (Å²) in [6, 6.07) is 1.58. The van der Waals surface area contributed by atoms with E-state index in [9.17, 15) is 13.6 Å². The number of benzene rings is 1. The van der Waals surface area contributed by atoms with E-state index in [-0.39, 0.29) is 10.6 Å². The second-order valence-electron chi connectivity index (χ2n) is 3.69. The Morgan fingerprint density at radius 1 is 1.29 bits per heavy atom. The second-order valence-corrected chi connectivity index (χ2v) is 4.10. The Kier molecular flexibility index (Phi) is 3.59. The number of halogens is 3. The van der Waals surface area contributed by atoms with E-state index in [0.717, 1.165) is 30.0 Å². The van der Waals surface area contributed by atoms with Crippen molar-refractivity contribution >= 4 is 17.5 Å². The summed E-state index contributed by atoms with van der Waals surface area (Å²) < 4.78 is 25.9. The van der Waals surface area contributed by atoms with Gasteiger partial charge in [0.15, 0.2) is 11.6 Å². The van der Waals surface area contributed by atoms with E-state index in [1.165, 1.54) is 0 Å². The normalized spacial score (nSPS) is 16.1. The fourth-order valence-electron chi connectivity index (χ4n) is 1.58. The molecule has 0 aliphatic carbocycles. The van der Waals surface area contributed by atoms with Gasteiger partial charge in [-0.2, -0.15) is 0 Å². The summed E-state index contributed by atoms with van der Waals surface area (Å²) in [5, 5.41) is 1.00. The SMILES string of the molecule is O=C(c1cc(F)c(F)cc1Cl)N1CCCCO1. The van der Waals surface area contributed by atoms with Crippen LogP contribution in [0.25, 0.3) is 0 Å². The van der Waals surface area contributed by atoms with Crippen LogP contribution < -0.4 is 0 Å². The van der Waals surface area contributed by atoms with Gasteiger partial charge < -0.3 is 0 Å². The molecule has 17 heavy (non-hydrogen) atoms. The molecule has 1 amide bonds. The molecule has 0 atom stereocenters. The third-order valence-electron chi connectivity index (χ3n) is 2.47. The fraction of sp³-hybridized carbons (Fsp3) is 0.364. The van der Waals surface area contributed by atoms with Crippen molar-refractivity contribution in [1.29, 1.82) is 0 Å². The van der Waals surface area contributed by atoms with Crippen molar-refractivity contribution in [2.75, 3.05) is 13.2 Å². The van der Waals surface area contributed by atoms with Crippen molar-refractivity contribution in [2.24, 2.45) is 0 Å². The van der Waals surface area contributed by atoms with Crippen LogP contribution in [-0.2, 0) is 4.84 Å². The molecule has 2 rings (SSSR count). The number of amides is 1. The number of carbonyl (C=O) groups excluding carboxylic acids is 1. The van der Waals surface area contributed by atoms with Crippen molar-refractivity contribution in [3.63, 3.8) is 0 Å². The molecule has 0 unspecified atom stereocenters. The van der Waals surface area contributed by atoms with Crippen LogP contribution in [0.1, 0.15) is 23.2 Å². The number of hydrogen-bond acceptors (Lipinski definition) is 2. The molecule has 0 spiro atoms. The van der Waals surface area contributed by atoms with Gasteiger partial charge in [0, 0.05) is 6.54 Å². The summed E-state index contributed by atoms with van der Waals surface area (Å²) in [4.78, 5) is 17.0. The average molecular weight is 262 g/mol. The highest BCUT2D eigenvalue weighted by molar-refractivity contribution is 6.33. The highest BCUT2D eigenvalue weighted by atomic mass is 35.5. The van der Waals surface area contributed by atoms with E-state index < -0.39 is 17.5 Å². The van der Waals surface area contributed by atoms with Gasteiger partial charge >= 0.3 is 0 Å². The Morgan fingerprint density at radius 3 is 2.65 bits per heavy atom. The quantitative estimate of drug-likeness (QED) is 0.728. The van der Waals surface area contributed by atoms with Gasteiger partial charge in [-0.25, -0.2) is 13.8 Å². The number of nitrogens with zero attached hydrogens (tertiary/aromatic N) is 1. The highest BCUT2D eigenvalue weighted by Crippen LogP contribution is 2.22. The van der Waals surface area contributed by atoms with E-state index in [1.54, 1.807) is 0 Å². The van der Waals surface area contributed by atoms with Gasteiger partial charge in [-0.3, -0.25) is 9.63 Å². The maximum absolute atomic E-state index is 13.0. The summed E-state index contributed by atoms with van der Waals surface area (Å²) in [5.41, 5.74) is -0.0903. The summed E-state index contributed by atoms with van der Waals surface area (Å²) in [6.45, 7) is 0.862. The average Bonchev–Trinajstić information content (AvgIpc) is 2.34. The van der Waals surface area contributed by atoms with E-state index in [4.69, 9.17) is 16.4 Å². The lowest BCUT2D eigenvalue weighted by molar-refractivity contribution is -0.144. The predicted molar refractivity (Wildman–Crippen MR) is 57.6 cm³/mol. The molecule has 0 N–H and O–H groups in total. The van der Waals surface area contributed by atoms with E-state index in [2.05, 4.69) is 0 Å². The lowest BCUT2D eigenvalue weighted by Gasteiger charge is -2.26. The minimum Gasteiger partial charge on any atom is -0.271 e. The molecule has 1 aliphatic rings. The van der Waals surface area contributed by atoms with Crippen LogP contribution in [0, 0.1) is 11.6 Å². The summed E-state index contributed by atoms with van der Waals surface area (Å²) in [5.74, 6) is -2.73. The van der Waals surface area contributed by atoms with Gasteiger partial charge in [-0.1, -0.05) is 11.6 Å². The molecule has 0 saturated carbocycles. The summed E-state index contributed by atoms with van der Waals surface area (Å²) in [7, 11) is 0. The summed E-state index contributed by atoms with van der Waals surface area (Å²) >= 11 is 5.71. The zero-order valence-electron chi connectivity index (χ0n) is 8.88. The molecule has 1 aromatic carbocycles. The Hall–Kier alpha value is -1.20. The van der Waals surface area contributed by atoms with Crippen LogP contribution in [0.4, 0.5) is 8.78 Å². The largest absolute Gasteiger partial charge is 0.279 e. The first-order valence-electron chi connectivity index (χ1n) is 5.19. The molecule has 1 aliphatic heterocycles. The van der Waals surface area contributed by atoms with Crippen molar-refractivity contribution in [1.82, 2.24) is 5.06 Å². The number of hydrogen-bond donors (Lipinski definition) is 0. The Labute approximate surface area is 102 Å². The number of carbonyl (C=O) groups is 1. The highest BCUT2D eigenvalue weighted by Gasteiger charge is 2.23. The van der Waals surface area contributed by atoms with Gasteiger partial charge in [-0.15, -0.1) is 0 Å². The molecule has 0 radical (unpaired) electrons. The number of rotatable bonds is 1. The van der Waals surface area contributed by atoms with E-state index in [0.29, 0.717) is 13.2 Å². The molecule has 1 heterocycles. The fourth-order valence-corrected chi connectivity index (χ4v) is 1.81.